The van der Waals surface area contributed by atoms with E-state index in [0.29, 0.717) is 0 Å². The summed E-state index contributed by atoms with van der Waals surface area (Å²) in [7, 11) is 0. The molecule has 2 aromatic heterocycles. The molecule has 0 amide bonds. The molecule has 2 aromatic rings. The molecule has 0 spiro atoms. The van der Waals surface area contributed by atoms with Gasteiger partial charge in [0.1, 0.15) is 17.2 Å². The van der Waals surface area contributed by atoms with E-state index in [1.165, 1.54) is 6.33 Å². The van der Waals surface area contributed by atoms with Gasteiger partial charge in [-0.3, -0.25) is 0 Å². The lowest BCUT2D eigenvalue weighted by Gasteiger charge is -2.15. The van der Waals surface area contributed by atoms with Crippen molar-refractivity contribution < 1.29 is 0 Å². The Kier molecular flexibility index (Phi) is 3.84. The second-order valence-electron chi connectivity index (χ2n) is 3.19. The maximum Gasteiger partial charge on any atom is 0.144 e. The van der Waals surface area contributed by atoms with E-state index in [4.69, 9.17) is 0 Å². The molecule has 0 saturated carbocycles. The van der Waals surface area contributed by atoms with E-state index in [1.54, 1.807) is 17.5 Å². The van der Waals surface area contributed by atoms with Crippen LogP contribution in [0.3, 0.4) is 0 Å². The maximum atomic E-state index is 4.31. The van der Waals surface area contributed by atoms with Crippen molar-refractivity contribution in [3.63, 3.8) is 0 Å². The van der Waals surface area contributed by atoms with Crippen molar-refractivity contribution in [2.45, 2.75) is 19.4 Å². The van der Waals surface area contributed by atoms with E-state index in [2.05, 4.69) is 43.1 Å². The average molecular weight is 299 g/mol. The number of anilines is 1. The van der Waals surface area contributed by atoms with Crippen LogP contribution in [0.2, 0.25) is 0 Å². The topological polar surface area (TPSA) is 50.7 Å². The molecule has 0 saturated heterocycles. The number of hydrogen-bond acceptors (Lipinski definition) is 5. The maximum absolute atomic E-state index is 4.31. The SMILES string of the molecule is CCC(Nc1ncncc1Br)c1nccs1. The molecule has 0 bridgehead atoms. The summed E-state index contributed by atoms with van der Waals surface area (Å²) in [6.45, 7) is 2.12. The van der Waals surface area contributed by atoms with Crippen molar-refractivity contribution >= 4 is 33.1 Å². The predicted octanol–water partition coefficient (Wildman–Crippen LogP) is 3.26. The highest BCUT2D eigenvalue weighted by Crippen LogP contribution is 2.26. The largest absolute Gasteiger partial charge is 0.360 e. The molecule has 1 unspecified atom stereocenters. The molecule has 0 aliphatic carbocycles. The number of nitrogens with zero attached hydrogens (tertiary/aromatic N) is 3. The number of aromatic nitrogens is 3. The van der Waals surface area contributed by atoms with Crippen molar-refractivity contribution in [3.8, 4) is 0 Å². The van der Waals surface area contributed by atoms with Crippen LogP contribution in [-0.4, -0.2) is 15.0 Å². The molecule has 1 N–H and O–H groups in total. The lowest BCUT2D eigenvalue weighted by atomic mass is 10.2. The molecule has 2 heterocycles. The van der Waals surface area contributed by atoms with Crippen LogP contribution in [0.25, 0.3) is 0 Å². The summed E-state index contributed by atoms with van der Waals surface area (Å²) in [5.74, 6) is 0.803. The van der Waals surface area contributed by atoms with E-state index in [0.717, 1.165) is 21.7 Å². The fraction of sp³-hybridized carbons (Fsp3) is 0.300. The molecule has 6 heteroatoms. The Morgan fingerprint density at radius 2 is 2.38 bits per heavy atom. The number of nitrogens with one attached hydrogen (secondary N) is 1. The lowest BCUT2D eigenvalue weighted by Crippen LogP contribution is -2.10. The third kappa shape index (κ3) is 2.56. The summed E-state index contributed by atoms with van der Waals surface area (Å²) in [6, 6.07) is 0.200. The summed E-state index contributed by atoms with van der Waals surface area (Å²) < 4.78 is 0.866. The van der Waals surface area contributed by atoms with Gasteiger partial charge >= 0.3 is 0 Å². The minimum Gasteiger partial charge on any atom is -0.360 e. The van der Waals surface area contributed by atoms with Gasteiger partial charge in [0.15, 0.2) is 0 Å². The van der Waals surface area contributed by atoms with Gasteiger partial charge in [0.05, 0.1) is 10.5 Å². The Bertz CT molecular complexity index is 446. The van der Waals surface area contributed by atoms with Gasteiger partial charge in [-0.05, 0) is 22.4 Å². The standard InChI is InChI=1S/C10H11BrN4S/c1-2-8(10-13-3-4-16-10)15-9-7(11)5-12-6-14-9/h3-6,8H,2H2,1H3,(H,12,14,15). The van der Waals surface area contributed by atoms with Gasteiger partial charge in [-0.1, -0.05) is 6.92 Å². The predicted molar refractivity (Wildman–Crippen MR) is 68.5 cm³/mol. The number of rotatable bonds is 4. The molecule has 0 fully saturated rings. The van der Waals surface area contributed by atoms with Crippen LogP contribution in [0.4, 0.5) is 5.82 Å². The summed E-state index contributed by atoms with van der Waals surface area (Å²) >= 11 is 5.06. The molecular formula is C10H11BrN4S. The number of hydrogen-bond donors (Lipinski definition) is 1. The Labute approximate surface area is 106 Å². The van der Waals surface area contributed by atoms with Crippen LogP contribution in [0, 0.1) is 0 Å². The summed E-state index contributed by atoms with van der Waals surface area (Å²) in [4.78, 5) is 12.4. The molecule has 2 rings (SSSR count). The first kappa shape index (κ1) is 11.5. The highest BCUT2D eigenvalue weighted by molar-refractivity contribution is 9.10. The number of halogens is 1. The monoisotopic (exact) mass is 298 g/mol. The molecule has 0 aliphatic rings. The van der Waals surface area contributed by atoms with Gasteiger partial charge in [0, 0.05) is 17.8 Å². The summed E-state index contributed by atoms with van der Waals surface area (Å²) in [5.41, 5.74) is 0. The van der Waals surface area contributed by atoms with E-state index < -0.39 is 0 Å². The summed E-state index contributed by atoms with van der Waals surface area (Å²) in [6.07, 6.45) is 6.04. The molecule has 0 radical (unpaired) electrons. The summed E-state index contributed by atoms with van der Waals surface area (Å²) in [5, 5.41) is 6.41. The fourth-order valence-electron chi connectivity index (χ4n) is 1.33. The van der Waals surface area contributed by atoms with Gasteiger partial charge in [-0.15, -0.1) is 11.3 Å². The van der Waals surface area contributed by atoms with Crippen molar-refractivity contribution in [1.82, 2.24) is 15.0 Å². The van der Waals surface area contributed by atoms with Crippen LogP contribution < -0.4 is 5.32 Å². The van der Waals surface area contributed by atoms with Gasteiger partial charge in [-0.25, -0.2) is 15.0 Å². The minimum atomic E-state index is 0.200. The van der Waals surface area contributed by atoms with E-state index in [-0.39, 0.29) is 6.04 Å². The van der Waals surface area contributed by atoms with Crippen LogP contribution >= 0.6 is 27.3 Å². The van der Waals surface area contributed by atoms with Crippen LogP contribution in [-0.2, 0) is 0 Å². The van der Waals surface area contributed by atoms with E-state index in [1.807, 2.05) is 11.6 Å². The molecule has 84 valence electrons. The quantitative estimate of drug-likeness (QED) is 0.941. The smallest absolute Gasteiger partial charge is 0.144 e. The van der Waals surface area contributed by atoms with Crippen molar-refractivity contribution in [1.29, 1.82) is 0 Å². The second kappa shape index (κ2) is 5.36. The zero-order valence-corrected chi connectivity index (χ0v) is 11.1. The van der Waals surface area contributed by atoms with Gasteiger partial charge < -0.3 is 5.32 Å². The molecule has 4 nitrogen and oxygen atoms in total. The second-order valence-corrected chi connectivity index (χ2v) is 4.98. The third-order valence-corrected chi connectivity index (χ3v) is 3.61. The van der Waals surface area contributed by atoms with Crippen LogP contribution in [0.15, 0.2) is 28.6 Å². The van der Waals surface area contributed by atoms with Crippen molar-refractivity contribution in [3.05, 3.63) is 33.6 Å². The fourth-order valence-corrected chi connectivity index (χ4v) is 2.44. The number of thiazole rings is 1. The molecule has 1 atom stereocenters. The van der Waals surface area contributed by atoms with Crippen molar-refractivity contribution in [2.75, 3.05) is 5.32 Å². The normalized spacial score (nSPS) is 12.4. The van der Waals surface area contributed by atoms with Crippen LogP contribution in [0.1, 0.15) is 24.4 Å². The van der Waals surface area contributed by atoms with Gasteiger partial charge in [0.25, 0.3) is 0 Å². The first-order valence-corrected chi connectivity index (χ1v) is 6.60. The first-order chi connectivity index (χ1) is 7.81. The van der Waals surface area contributed by atoms with E-state index >= 15 is 0 Å². The Hall–Kier alpha value is -1.01. The molecule has 16 heavy (non-hydrogen) atoms. The molecule has 0 aromatic carbocycles. The third-order valence-electron chi connectivity index (χ3n) is 2.14. The highest BCUT2D eigenvalue weighted by atomic mass is 79.9. The Morgan fingerprint density at radius 3 is 3.00 bits per heavy atom. The van der Waals surface area contributed by atoms with E-state index in [9.17, 15) is 0 Å². The average Bonchev–Trinajstić information content (AvgIpc) is 2.81. The highest BCUT2D eigenvalue weighted by Gasteiger charge is 2.13. The molecule has 0 aliphatic heterocycles. The van der Waals surface area contributed by atoms with Gasteiger partial charge in [0.2, 0.25) is 0 Å². The van der Waals surface area contributed by atoms with Crippen LogP contribution in [0.5, 0.6) is 0 Å². The van der Waals surface area contributed by atoms with Gasteiger partial charge in [-0.2, -0.15) is 0 Å². The zero-order chi connectivity index (χ0) is 11.4. The zero-order valence-electron chi connectivity index (χ0n) is 8.72. The Morgan fingerprint density at radius 1 is 1.50 bits per heavy atom. The minimum absolute atomic E-state index is 0.200. The van der Waals surface area contributed by atoms with Crippen molar-refractivity contribution in [2.24, 2.45) is 0 Å². The first-order valence-electron chi connectivity index (χ1n) is 4.92. The lowest BCUT2D eigenvalue weighted by molar-refractivity contribution is 0.736. The molecular weight excluding hydrogens is 288 g/mol. The Balaban J connectivity index is 2.17.